The number of carbonyl (C=O) groups is 3. The first kappa shape index (κ1) is 57.6. The monoisotopic (exact) mass is 1050 g/mol. The quantitative estimate of drug-likeness (QED) is 0.127. The number of rotatable bonds is 3. The van der Waals surface area contributed by atoms with Crippen LogP contribution in [0.1, 0.15) is 226 Å². The molecule has 12 nitrogen and oxygen atoms in total. The normalized spacial score (nSPS) is 16.9. The van der Waals surface area contributed by atoms with Crippen LogP contribution in [-0.4, -0.2) is 65.1 Å². The Morgan fingerprint density at radius 3 is 1.40 bits per heavy atom. The van der Waals surface area contributed by atoms with Gasteiger partial charge in [0.1, 0.15) is 17.2 Å². The summed E-state index contributed by atoms with van der Waals surface area (Å²) in [6.07, 6.45) is 12.6. The standard InChI is InChI=1S/2C22H24N2O2.C21H21FN2O2/c1-21(2)12-13-22(3,4)19-18(21)23-14-17(24-19)11-8-15-6-9-16(10-7-15)20(25)26-5;1-14-10-17-18(22(4,5)9-8-21(17,2)3)11-15(14)6-7-19-23-12-16(13-24-19)20(25)26;1-20(2)9-10-21(3,4)18-17(20)23-12-15(24-18)8-7-13-5-6-14(19(25)26)11-16(13)22/h6-7,9-10,14H,12-13H2,1-5H3;10-13H,8-9H2,1-5H3,(H,25,26);5-6,11-12H,9-10H2,1-4H3,(H,25,26). The lowest BCUT2D eigenvalue weighted by molar-refractivity contribution is 0.0599. The number of aryl methyl sites for hydroxylation is 1. The second-order valence-corrected chi connectivity index (χ2v) is 24.3. The molecule has 3 aromatic carbocycles. The van der Waals surface area contributed by atoms with Crippen LogP contribution in [0.3, 0.4) is 0 Å². The largest absolute Gasteiger partial charge is 0.478 e. The summed E-state index contributed by atoms with van der Waals surface area (Å²) < 4.78 is 18.7. The molecule has 402 valence electrons. The van der Waals surface area contributed by atoms with E-state index in [4.69, 9.17) is 29.9 Å². The molecule has 13 heteroatoms. The van der Waals surface area contributed by atoms with Crippen LogP contribution in [0.4, 0.5) is 4.39 Å². The van der Waals surface area contributed by atoms with E-state index in [0.29, 0.717) is 22.8 Å². The molecule has 0 amide bonds. The van der Waals surface area contributed by atoms with Crippen molar-refractivity contribution in [2.45, 2.75) is 161 Å². The molecule has 0 radical (unpaired) electrons. The van der Waals surface area contributed by atoms with Gasteiger partial charge in [0.05, 0.1) is 64.5 Å². The Kier molecular flexibility index (Phi) is 16.3. The first-order chi connectivity index (χ1) is 36.4. The summed E-state index contributed by atoms with van der Waals surface area (Å²) in [6, 6.07) is 15.2. The number of nitrogens with zero attached hydrogens (tertiary/aromatic N) is 6. The van der Waals surface area contributed by atoms with Gasteiger partial charge in [-0.05, 0) is 139 Å². The average Bonchev–Trinajstić information content (AvgIpc) is 3.42. The van der Waals surface area contributed by atoms with Crippen LogP contribution < -0.4 is 0 Å². The lowest BCUT2D eigenvalue weighted by Gasteiger charge is -2.42. The molecule has 3 aromatic heterocycles. The zero-order valence-electron chi connectivity index (χ0n) is 47.3. The number of hydrogen-bond donors (Lipinski definition) is 2. The first-order valence-electron chi connectivity index (χ1n) is 26.2. The fraction of sp³-hybridized carbons (Fsp3) is 0.400. The Bertz CT molecular complexity index is 3520. The molecule has 0 aliphatic heterocycles. The molecule has 0 bridgehead atoms. The number of esters is 1. The summed E-state index contributed by atoms with van der Waals surface area (Å²) in [4.78, 5) is 60.1. The van der Waals surface area contributed by atoms with E-state index < -0.39 is 17.8 Å². The molecule has 3 aliphatic rings. The highest BCUT2D eigenvalue weighted by molar-refractivity contribution is 5.89. The summed E-state index contributed by atoms with van der Waals surface area (Å²) in [5.74, 6) is 15.0. The number of carbonyl (C=O) groups excluding carboxylic acids is 1. The molecule has 0 spiro atoms. The van der Waals surface area contributed by atoms with Gasteiger partial charge in [-0.1, -0.05) is 107 Å². The number of carboxylic acids is 2. The molecule has 2 N–H and O–H groups in total. The Hall–Kier alpha value is -8.08. The zero-order valence-corrected chi connectivity index (χ0v) is 47.3. The van der Waals surface area contributed by atoms with Crippen LogP contribution in [0.15, 0.2) is 79.4 Å². The second-order valence-electron chi connectivity index (χ2n) is 24.3. The summed E-state index contributed by atoms with van der Waals surface area (Å²) in [5.41, 5.74) is 11.8. The van der Waals surface area contributed by atoms with Gasteiger partial charge in [0, 0.05) is 45.2 Å². The van der Waals surface area contributed by atoms with Crippen LogP contribution in [0.2, 0.25) is 0 Å². The number of fused-ring (bicyclic) bond motifs is 3. The van der Waals surface area contributed by atoms with Crippen molar-refractivity contribution < 1.29 is 33.7 Å². The topological polar surface area (TPSA) is 178 Å². The molecule has 0 saturated carbocycles. The predicted octanol–water partition coefficient (Wildman–Crippen LogP) is 12.3. The van der Waals surface area contributed by atoms with Gasteiger partial charge in [-0.15, -0.1) is 0 Å². The van der Waals surface area contributed by atoms with E-state index in [2.05, 4.69) is 153 Å². The Balaban J connectivity index is 0.000000170. The zero-order chi connectivity index (χ0) is 57.2. The van der Waals surface area contributed by atoms with E-state index >= 15 is 0 Å². The van der Waals surface area contributed by atoms with Gasteiger partial charge < -0.3 is 14.9 Å². The van der Waals surface area contributed by atoms with Gasteiger partial charge in [-0.25, -0.2) is 38.7 Å². The number of aromatic nitrogens is 6. The van der Waals surface area contributed by atoms with Crippen molar-refractivity contribution in [3.8, 4) is 35.5 Å². The molecule has 0 saturated heterocycles. The van der Waals surface area contributed by atoms with Crippen molar-refractivity contribution in [1.29, 1.82) is 0 Å². The highest BCUT2D eigenvalue weighted by atomic mass is 19.1. The molecule has 9 rings (SSSR count). The average molecular weight is 1050 g/mol. The SMILES string of the molecule is CC1(C)CCC(C)(C)c2nc(C#Cc3ccc(C(=O)O)cc3F)cnc21.COC(=O)c1ccc(C#Cc2cnc3c(n2)C(C)(C)CCC3(C)C)cc1.Cc1cc2c(cc1C#Cc1ncc(C(=O)O)cn1)C(C)(C)CCC2(C)C. The fourth-order valence-electron chi connectivity index (χ4n) is 9.86. The maximum Gasteiger partial charge on any atom is 0.338 e. The van der Waals surface area contributed by atoms with Crippen LogP contribution in [0, 0.1) is 48.3 Å². The first-order valence-corrected chi connectivity index (χ1v) is 26.2. The van der Waals surface area contributed by atoms with E-state index in [1.807, 2.05) is 0 Å². The number of halogens is 1. The van der Waals surface area contributed by atoms with Gasteiger partial charge in [0.15, 0.2) is 0 Å². The van der Waals surface area contributed by atoms with Gasteiger partial charge in [-0.2, -0.15) is 0 Å². The third-order valence-corrected chi connectivity index (χ3v) is 15.4. The van der Waals surface area contributed by atoms with Gasteiger partial charge in [-0.3, -0.25) is 9.97 Å². The number of aromatic carboxylic acids is 2. The fourth-order valence-corrected chi connectivity index (χ4v) is 9.86. The summed E-state index contributed by atoms with van der Waals surface area (Å²) in [7, 11) is 1.37. The second kappa shape index (κ2) is 22.1. The maximum atomic E-state index is 14.0. The molecule has 6 aromatic rings. The predicted molar refractivity (Wildman–Crippen MR) is 299 cm³/mol. The molecule has 0 atom stereocenters. The summed E-state index contributed by atoms with van der Waals surface area (Å²) in [6.45, 7) is 28.8. The molecular weight excluding hydrogens is 980 g/mol. The summed E-state index contributed by atoms with van der Waals surface area (Å²) in [5, 5.41) is 17.8. The number of carboxylic acid groups (broad SMARTS) is 2. The van der Waals surface area contributed by atoms with Crippen molar-refractivity contribution >= 4 is 17.9 Å². The van der Waals surface area contributed by atoms with Crippen LogP contribution in [0.25, 0.3) is 0 Å². The highest BCUT2D eigenvalue weighted by Crippen LogP contribution is 2.47. The smallest absolute Gasteiger partial charge is 0.338 e. The van der Waals surface area contributed by atoms with Crippen molar-refractivity contribution in [1.82, 2.24) is 29.9 Å². The van der Waals surface area contributed by atoms with Gasteiger partial charge in [0.2, 0.25) is 5.82 Å². The minimum Gasteiger partial charge on any atom is -0.478 e. The minimum atomic E-state index is -1.17. The third-order valence-electron chi connectivity index (χ3n) is 15.4. The van der Waals surface area contributed by atoms with Crippen molar-refractivity contribution in [2.75, 3.05) is 7.11 Å². The number of hydrogen-bond acceptors (Lipinski definition) is 10. The van der Waals surface area contributed by atoms with Crippen molar-refractivity contribution in [3.63, 3.8) is 0 Å². The highest BCUT2D eigenvalue weighted by Gasteiger charge is 2.41. The Morgan fingerprint density at radius 1 is 0.487 bits per heavy atom. The molecule has 3 aliphatic carbocycles. The van der Waals surface area contributed by atoms with Crippen LogP contribution in [-0.2, 0) is 37.2 Å². The molecule has 0 fully saturated rings. The van der Waals surface area contributed by atoms with Crippen LogP contribution >= 0.6 is 0 Å². The number of benzene rings is 3. The van der Waals surface area contributed by atoms with E-state index in [1.165, 1.54) is 49.2 Å². The molecule has 0 unspecified atom stereocenters. The van der Waals surface area contributed by atoms with Crippen molar-refractivity contribution in [3.05, 3.63) is 175 Å². The third kappa shape index (κ3) is 13.0. The minimum absolute atomic E-state index is 0.0116. The number of methoxy groups -OCH3 is 1. The van der Waals surface area contributed by atoms with E-state index in [-0.39, 0.29) is 55.1 Å². The molecule has 3 heterocycles. The Labute approximate surface area is 458 Å². The molecule has 78 heavy (non-hydrogen) atoms. The van der Waals surface area contributed by atoms with Crippen LogP contribution in [0.5, 0.6) is 0 Å². The number of ether oxygens (including phenoxy) is 1. The maximum absolute atomic E-state index is 14.0. The van der Waals surface area contributed by atoms with Crippen molar-refractivity contribution in [2.24, 2.45) is 0 Å². The van der Waals surface area contributed by atoms with E-state index in [0.717, 1.165) is 77.6 Å². The van der Waals surface area contributed by atoms with E-state index in [1.54, 1.807) is 36.7 Å². The van der Waals surface area contributed by atoms with E-state index in [9.17, 15) is 18.8 Å². The molecular formula is C65H69FN6O6. The van der Waals surface area contributed by atoms with Gasteiger partial charge >= 0.3 is 17.9 Å². The lowest BCUT2D eigenvalue weighted by Crippen LogP contribution is -2.36. The summed E-state index contributed by atoms with van der Waals surface area (Å²) >= 11 is 0. The van der Waals surface area contributed by atoms with Gasteiger partial charge in [0.25, 0.3) is 0 Å². The Morgan fingerprint density at radius 2 is 0.923 bits per heavy atom. The lowest BCUT2D eigenvalue weighted by atomic mass is 9.62.